The lowest BCUT2D eigenvalue weighted by atomic mass is 10.2. The average molecular weight is 323 g/mol. The van der Waals surface area contributed by atoms with Gasteiger partial charge in [-0.2, -0.15) is 0 Å². The first kappa shape index (κ1) is 16.6. The fourth-order valence-electron chi connectivity index (χ4n) is 1.85. The molecule has 1 aromatic rings. The summed E-state index contributed by atoms with van der Waals surface area (Å²) < 4.78 is 19.7. The Bertz CT molecular complexity index is 599. The first-order valence-electron chi connectivity index (χ1n) is 7.00. The van der Waals surface area contributed by atoms with Gasteiger partial charge in [-0.3, -0.25) is 9.59 Å². The van der Waals surface area contributed by atoms with Crippen LogP contribution in [0.5, 0.6) is 11.5 Å². The van der Waals surface area contributed by atoms with Crippen molar-refractivity contribution in [2.24, 2.45) is 0 Å². The summed E-state index contributed by atoms with van der Waals surface area (Å²) in [5.41, 5.74) is 0.271. The van der Waals surface area contributed by atoms with Gasteiger partial charge in [0.1, 0.15) is 0 Å². The Labute approximate surface area is 132 Å². The van der Waals surface area contributed by atoms with E-state index < -0.39 is 18.5 Å². The van der Waals surface area contributed by atoms with Crippen LogP contribution in [0.1, 0.15) is 23.2 Å². The van der Waals surface area contributed by atoms with E-state index in [0.29, 0.717) is 24.5 Å². The smallest absolute Gasteiger partial charge is 0.338 e. The maximum Gasteiger partial charge on any atom is 0.338 e. The van der Waals surface area contributed by atoms with Gasteiger partial charge >= 0.3 is 11.9 Å². The van der Waals surface area contributed by atoms with Gasteiger partial charge in [-0.1, -0.05) is 0 Å². The van der Waals surface area contributed by atoms with Crippen molar-refractivity contribution in [2.75, 3.05) is 27.1 Å². The molecule has 1 heterocycles. The highest BCUT2D eigenvalue weighted by molar-refractivity contribution is 5.92. The minimum absolute atomic E-state index is 0.113. The Morgan fingerprint density at radius 1 is 1.22 bits per heavy atom. The lowest BCUT2D eigenvalue weighted by Gasteiger charge is -2.07. The highest BCUT2D eigenvalue weighted by atomic mass is 16.7. The third-order valence-electron chi connectivity index (χ3n) is 3.05. The van der Waals surface area contributed by atoms with E-state index in [9.17, 15) is 14.4 Å². The second-order valence-corrected chi connectivity index (χ2v) is 4.67. The van der Waals surface area contributed by atoms with Crippen LogP contribution in [0.4, 0.5) is 0 Å². The predicted molar refractivity (Wildman–Crippen MR) is 77.1 cm³/mol. The van der Waals surface area contributed by atoms with E-state index >= 15 is 0 Å². The summed E-state index contributed by atoms with van der Waals surface area (Å²) in [4.78, 5) is 34.3. The third kappa shape index (κ3) is 4.87. The van der Waals surface area contributed by atoms with Crippen LogP contribution in [0.3, 0.4) is 0 Å². The monoisotopic (exact) mass is 323 g/mol. The zero-order valence-corrected chi connectivity index (χ0v) is 12.6. The number of fused-ring (bicyclic) bond motifs is 1. The molecule has 0 fully saturated rings. The zero-order chi connectivity index (χ0) is 16.7. The van der Waals surface area contributed by atoms with Crippen molar-refractivity contribution in [3.8, 4) is 11.5 Å². The highest BCUT2D eigenvalue weighted by Gasteiger charge is 2.17. The van der Waals surface area contributed by atoms with Crippen LogP contribution in [0.2, 0.25) is 0 Å². The van der Waals surface area contributed by atoms with Crippen LogP contribution in [-0.2, 0) is 19.1 Å². The second-order valence-electron chi connectivity index (χ2n) is 4.67. The molecule has 1 N–H and O–H groups in total. The molecule has 0 saturated carbocycles. The van der Waals surface area contributed by atoms with Crippen LogP contribution in [0.25, 0.3) is 0 Å². The number of rotatable bonds is 7. The van der Waals surface area contributed by atoms with E-state index in [2.05, 4.69) is 10.1 Å². The number of methoxy groups -OCH3 is 1. The maximum absolute atomic E-state index is 11.8. The van der Waals surface area contributed by atoms with Gasteiger partial charge in [0.15, 0.2) is 18.1 Å². The zero-order valence-electron chi connectivity index (χ0n) is 12.6. The molecular weight excluding hydrogens is 306 g/mol. The fraction of sp³-hybridized carbons (Fsp3) is 0.400. The van der Waals surface area contributed by atoms with Crippen molar-refractivity contribution in [1.82, 2.24) is 5.32 Å². The van der Waals surface area contributed by atoms with Crippen LogP contribution >= 0.6 is 0 Å². The molecule has 1 amide bonds. The number of carbonyl (C=O) groups excluding carboxylic acids is 3. The van der Waals surface area contributed by atoms with Crippen LogP contribution in [0.15, 0.2) is 18.2 Å². The van der Waals surface area contributed by atoms with Crippen molar-refractivity contribution in [3.63, 3.8) is 0 Å². The molecule has 0 spiro atoms. The van der Waals surface area contributed by atoms with E-state index in [0.717, 1.165) is 0 Å². The fourth-order valence-corrected chi connectivity index (χ4v) is 1.85. The van der Waals surface area contributed by atoms with Crippen molar-refractivity contribution < 1.29 is 33.3 Å². The normalized spacial score (nSPS) is 11.7. The van der Waals surface area contributed by atoms with E-state index in [4.69, 9.17) is 14.2 Å². The van der Waals surface area contributed by atoms with E-state index in [-0.39, 0.29) is 24.7 Å². The summed E-state index contributed by atoms with van der Waals surface area (Å²) in [5, 5.41) is 2.54. The number of esters is 2. The van der Waals surface area contributed by atoms with Gasteiger partial charge in [0, 0.05) is 13.0 Å². The van der Waals surface area contributed by atoms with Crippen molar-refractivity contribution in [3.05, 3.63) is 23.8 Å². The predicted octanol–water partition coefficient (Wildman–Crippen LogP) is 0.641. The molecule has 0 aliphatic carbocycles. The molecule has 23 heavy (non-hydrogen) atoms. The Morgan fingerprint density at radius 2 is 2.00 bits per heavy atom. The lowest BCUT2D eigenvalue weighted by Crippen LogP contribution is -2.29. The quantitative estimate of drug-likeness (QED) is 0.580. The first-order chi connectivity index (χ1) is 11.1. The molecule has 124 valence electrons. The van der Waals surface area contributed by atoms with Crippen LogP contribution in [-0.4, -0.2) is 44.9 Å². The van der Waals surface area contributed by atoms with Crippen LogP contribution in [0, 0.1) is 0 Å². The summed E-state index contributed by atoms with van der Waals surface area (Å²) in [5.74, 6) is -0.387. The molecule has 0 saturated heterocycles. The molecule has 1 aliphatic heterocycles. The molecule has 0 radical (unpaired) electrons. The molecule has 8 heteroatoms. The average Bonchev–Trinajstić information content (AvgIpc) is 3.03. The van der Waals surface area contributed by atoms with Gasteiger partial charge in [0.25, 0.3) is 5.91 Å². The van der Waals surface area contributed by atoms with E-state index in [1.54, 1.807) is 6.07 Å². The third-order valence-corrected chi connectivity index (χ3v) is 3.05. The number of carbonyl (C=O) groups is 3. The highest BCUT2D eigenvalue weighted by Crippen LogP contribution is 2.32. The summed E-state index contributed by atoms with van der Waals surface area (Å²) >= 11 is 0. The SMILES string of the molecule is COC(=O)CCCNC(=O)COC(=O)c1ccc2c(c1)OCO2. The molecular formula is C15H17NO7. The summed E-state index contributed by atoms with van der Waals surface area (Å²) in [6.07, 6.45) is 0.669. The number of benzene rings is 1. The van der Waals surface area contributed by atoms with Gasteiger partial charge < -0.3 is 24.3 Å². The van der Waals surface area contributed by atoms with Crippen molar-refractivity contribution >= 4 is 17.8 Å². The Hall–Kier alpha value is -2.77. The number of ether oxygens (including phenoxy) is 4. The molecule has 0 aromatic heterocycles. The molecule has 0 unspecified atom stereocenters. The van der Waals surface area contributed by atoms with Gasteiger partial charge in [-0.05, 0) is 24.6 Å². The lowest BCUT2D eigenvalue weighted by molar-refractivity contribution is -0.140. The van der Waals surface area contributed by atoms with Crippen molar-refractivity contribution in [2.45, 2.75) is 12.8 Å². The molecule has 2 rings (SSSR count). The number of amides is 1. The standard InChI is InChI=1S/C15H17NO7/c1-20-14(18)3-2-6-16-13(17)8-21-15(19)10-4-5-11-12(7-10)23-9-22-11/h4-5,7H,2-3,6,8-9H2,1H3,(H,16,17). The van der Waals surface area contributed by atoms with Gasteiger partial charge in [-0.25, -0.2) is 4.79 Å². The molecule has 8 nitrogen and oxygen atoms in total. The van der Waals surface area contributed by atoms with Gasteiger partial charge in [0.2, 0.25) is 6.79 Å². The largest absolute Gasteiger partial charge is 0.469 e. The molecule has 0 bridgehead atoms. The number of hydrogen-bond acceptors (Lipinski definition) is 7. The Balaban J connectivity index is 1.69. The second kappa shape index (κ2) is 8.02. The molecule has 1 aromatic carbocycles. The molecule has 1 aliphatic rings. The topological polar surface area (TPSA) is 100 Å². The van der Waals surface area contributed by atoms with E-state index in [1.807, 2.05) is 0 Å². The summed E-state index contributed by atoms with van der Waals surface area (Å²) in [7, 11) is 1.30. The number of nitrogens with one attached hydrogen (secondary N) is 1. The molecule has 0 atom stereocenters. The minimum Gasteiger partial charge on any atom is -0.469 e. The number of hydrogen-bond donors (Lipinski definition) is 1. The summed E-state index contributed by atoms with van der Waals surface area (Å²) in [6.45, 7) is 0.0167. The first-order valence-corrected chi connectivity index (χ1v) is 7.00. The van der Waals surface area contributed by atoms with Crippen molar-refractivity contribution in [1.29, 1.82) is 0 Å². The van der Waals surface area contributed by atoms with E-state index in [1.165, 1.54) is 19.2 Å². The van der Waals surface area contributed by atoms with Gasteiger partial charge in [0.05, 0.1) is 12.7 Å². The maximum atomic E-state index is 11.8. The minimum atomic E-state index is -0.631. The Kier molecular flexibility index (Phi) is 5.79. The summed E-state index contributed by atoms with van der Waals surface area (Å²) in [6, 6.07) is 4.63. The van der Waals surface area contributed by atoms with Crippen LogP contribution < -0.4 is 14.8 Å². The van der Waals surface area contributed by atoms with Gasteiger partial charge in [-0.15, -0.1) is 0 Å². The Morgan fingerprint density at radius 3 is 2.78 bits per heavy atom.